The van der Waals surface area contributed by atoms with Crippen molar-refractivity contribution in [2.24, 2.45) is 11.8 Å². The molecule has 1 aliphatic carbocycles. The summed E-state index contributed by atoms with van der Waals surface area (Å²) in [6.45, 7) is 2.39. The van der Waals surface area contributed by atoms with E-state index in [2.05, 4.69) is 4.90 Å². The molecule has 2 nitrogen and oxygen atoms in total. The topological polar surface area (TPSA) is 23.5 Å². The largest absolute Gasteiger partial charge is 0.416 e. The highest BCUT2D eigenvalue weighted by molar-refractivity contribution is 5.27. The molecule has 0 amide bonds. The van der Waals surface area contributed by atoms with Crippen LogP contribution in [0, 0.1) is 17.7 Å². The van der Waals surface area contributed by atoms with E-state index in [1.807, 2.05) is 0 Å². The number of hydrogen-bond acceptors (Lipinski definition) is 2. The summed E-state index contributed by atoms with van der Waals surface area (Å²) in [6.07, 6.45) is -2.45. The summed E-state index contributed by atoms with van der Waals surface area (Å²) in [5.74, 6) is 0.402. The number of halogens is 4. The minimum Gasteiger partial charge on any atom is -0.385 e. The summed E-state index contributed by atoms with van der Waals surface area (Å²) in [5, 5.41) is 11.0. The lowest BCUT2D eigenvalue weighted by atomic mass is 9.90. The highest BCUT2D eigenvalue weighted by Crippen LogP contribution is 2.48. The van der Waals surface area contributed by atoms with Crippen molar-refractivity contribution in [3.8, 4) is 0 Å². The number of alkyl halides is 3. The fourth-order valence-electron chi connectivity index (χ4n) is 4.82. The first-order valence-corrected chi connectivity index (χ1v) is 9.60. The van der Waals surface area contributed by atoms with Crippen LogP contribution in [-0.2, 0) is 18.2 Å². The molecule has 4 rings (SSSR count). The van der Waals surface area contributed by atoms with Crippen LogP contribution >= 0.6 is 0 Å². The van der Waals surface area contributed by atoms with E-state index in [0.717, 1.165) is 24.7 Å². The van der Waals surface area contributed by atoms with Gasteiger partial charge in [-0.15, -0.1) is 0 Å². The Kier molecular flexibility index (Phi) is 4.96. The Hall–Kier alpha value is -1.92. The fourth-order valence-corrected chi connectivity index (χ4v) is 4.82. The average Bonchev–Trinajstić information content (AvgIpc) is 3.15. The van der Waals surface area contributed by atoms with Gasteiger partial charge in [-0.3, -0.25) is 0 Å². The number of aliphatic hydroxyl groups is 1. The van der Waals surface area contributed by atoms with Crippen LogP contribution in [0.1, 0.15) is 29.5 Å². The molecular formula is C22H23F4NO. The lowest BCUT2D eigenvalue weighted by Gasteiger charge is -2.26. The van der Waals surface area contributed by atoms with E-state index >= 15 is 0 Å². The molecule has 0 bridgehead atoms. The Morgan fingerprint density at radius 2 is 1.64 bits per heavy atom. The van der Waals surface area contributed by atoms with Crippen molar-refractivity contribution in [1.29, 1.82) is 0 Å². The summed E-state index contributed by atoms with van der Waals surface area (Å²) in [5.41, 5.74) is -0.0583. The maximum atomic E-state index is 13.1. The Morgan fingerprint density at radius 3 is 2.25 bits per heavy atom. The highest BCUT2D eigenvalue weighted by Gasteiger charge is 2.48. The monoisotopic (exact) mass is 393 g/mol. The normalized spacial score (nSPS) is 27.9. The third-order valence-corrected chi connectivity index (χ3v) is 6.20. The predicted octanol–water partition coefficient (Wildman–Crippen LogP) is 4.62. The van der Waals surface area contributed by atoms with Crippen molar-refractivity contribution in [3.63, 3.8) is 0 Å². The van der Waals surface area contributed by atoms with Crippen molar-refractivity contribution >= 4 is 0 Å². The van der Waals surface area contributed by atoms with Gasteiger partial charge < -0.3 is 10.0 Å². The van der Waals surface area contributed by atoms with E-state index in [-0.39, 0.29) is 5.82 Å². The van der Waals surface area contributed by atoms with Crippen molar-refractivity contribution in [3.05, 3.63) is 71.0 Å². The molecule has 0 unspecified atom stereocenters. The third-order valence-electron chi connectivity index (χ3n) is 6.20. The summed E-state index contributed by atoms with van der Waals surface area (Å²) >= 11 is 0. The standard InChI is InChI=1S/C22H23F4NO/c23-20-6-4-18(5-7-20)21(28)11-16-13-27(14-17(16)12-21)9-8-15-2-1-3-19(10-15)22(24,25)26/h1-7,10,16-17,28H,8-9,11-14H2/t16-,17+,21-. The van der Waals surface area contributed by atoms with E-state index in [1.54, 1.807) is 18.2 Å². The van der Waals surface area contributed by atoms with Gasteiger partial charge in [-0.2, -0.15) is 13.2 Å². The van der Waals surface area contributed by atoms with Gasteiger partial charge in [0.2, 0.25) is 0 Å². The van der Waals surface area contributed by atoms with E-state index < -0.39 is 17.3 Å². The van der Waals surface area contributed by atoms with E-state index in [9.17, 15) is 22.7 Å². The zero-order valence-corrected chi connectivity index (χ0v) is 15.4. The molecule has 1 saturated carbocycles. The van der Waals surface area contributed by atoms with Crippen LogP contribution < -0.4 is 0 Å². The first-order valence-electron chi connectivity index (χ1n) is 9.60. The van der Waals surface area contributed by atoms with Gasteiger partial charge in [-0.1, -0.05) is 30.3 Å². The molecule has 2 aromatic carbocycles. The number of likely N-dealkylation sites (tertiary alicyclic amines) is 1. The third kappa shape index (κ3) is 3.94. The Morgan fingerprint density at radius 1 is 1.00 bits per heavy atom. The smallest absolute Gasteiger partial charge is 0.385 e. The SMILES string of the molecule is O[C@@]1(c2ccc(F)cc2)C[C@H]2CN(CCc3cccc(C(F)(F)F)c3)C[C@H]2C1. The molecular weight excluding hydrogens is 370 g/mol. The molecule has 1 aliphatic heterocycles. The first kappa shape index (κ1) is 19.4. The van der Waals surface area contributed by atoms with Gasteiger partial charge in [0.15, 0.2) is 0 Å². The summed E-state index contributed by atoms with van der Waals surface area (Å²) in [4.78, 5) is 2.28. The maximum Gasteiger partial charge on any atom is 0.416 e. The molecule has 2 aromatic rings. The number of hydrogen-bond donors (Lipinski definition) is 1. The van der Waals surface area contributed by atoms with Crippen LogP contribution in [0.4, 0.5) is 17.6 Å². The summed E-state index contributed by atoms with van der Waals surface area (Å²) < 4.78 is 51.7. The van der Waals surface area contributed by atoms with Gasteiger partial charge in [-0.25, -0.2) is 4.39 Å². The van der Waals surface area contributed by atoms with Gasteiger partial charge in [0, 0.05) is 19.6 Å². The quantitative estimate of drug-likeness (QED) is 0.767. The van der Waals surface area contributed by atoms with Crippen LogP contribution in [0.25, 0.3) is 0 Å². The van der Waals surface area contributed by atoms with Crippen molar-refractivity contribution < 1.29 is 22.7 Å². The van der Waals surface area contributed by atoms with Crippen molar-refractivity contribution in [2.45, 2.75) is 31.0 Å². The lowest BCUT2D eigenvalue weighted by Crippen LogP contribution is -2.29. The highest BCUT2D eigenvalue weighted by atomic mass is 19.4. The van der Waals surface area contributed by atoms with Crippen LogP contribution in [0.3, 0.4) is 0 Å². The number of rotatable bonds is 4. The lowest BCUT2D eigenvalue weighted by molar-refractivity contribution is -0.137. The molecule has 28 heavy (non-hydrogen) atoms. The van der Waals surface area contributed by atoms with Crippen molar-refractivity contribution in [2.75, 3.05) is 19.6 Å². The molecule has 0 spiro atoms. The second kappa shape index (κ2) is 7.16. The molecule has 0 aromatic heterocycles. The van der Waals surface area contributed by atoms with E-state index in [4.69, 9.17) is 0 Å². The second-order valence-electron chi connectivity index (χ2n) is 8.17. The molecule has 1 saturated heterocycles. The Bertz CT molecular complexity index is 819. The Labute approximate surface area is 161 Å². The molecule has 2 fully saturated rings. The fraction of sp³-hybridized carbons (Fsp3) is 0.455. The van der Waals surface area contributed by atoms with Crippen LogP contribution in [0.2, 0.25) is 0 Å². The van der Waals surface area contributed by atoms with E-state index in [1.165, 1.54) is 24.3 Å². The number of benzene rings is 2. The van der Waals surface area contributed by atoms with Gasteiger partial charge >= 0.3 is 6.18 Å². The van der Waals surface area contributed by atoms with E-state index in [0.29, 0.717) is 43.2 Å². The molecule has 1 heterocycles. The van der Waals surface area contributed by atoms with Gasteiger partial charge in [0.05, 0.1) is 11.2 Å². The zero-order valence-electron chi connectivity index (χ0n) is 15.4. The zero-order chi connectivity index (χ0) is 19.9. The predicted molar refractivity (Wildman–Crippen MR) is 98.1 cm³/mol. The molecule has 3 atom stereocenters. The minimum atomic E-state index is -4.31. The van der Waals surface area contributed by atoms with Crippen LogP contribution in [0.5, 0.6) is 0 Å². The van der Waals surface area contributed by atoms with Gasteiger partial charge in [0.25, 0.3) is 0 Å². The number of fused-ring (bicyclic) bond motifs is 1. The summed E-state index contributed by atoms with van der Waals surface area (Å²) in [6, 6.07) is 11.6. The maximum absolute atomic E-state index is 13.1. The molecule has 1 N–H and O–H groups in total. The minimum absolute atomic E-state index is 0.314. The van der Waals surface area contributed by atoms with Crippen LogP contribution in [0.15, 0.2) is 48.5 Å². The second-order valence-corrected chi connectivity index (χ2v) is 8.17. The van der Waals surface area contributed by atoms with Gasteiger partial charge in [0.1, 0.15) is 5.82 Å². The molecule has 2 aliphatic rings. The first-order chi connectivity index (χ1) is 13.2. The summed E-state index contributed by atoms with van der Waals surface area (Å²) in [7, 11) is 0. The van der Waals surface area contributed by atoms with Crippen LogP contribution in [-0.4, -0.2) is 29.6 Å². The average molecular weight is 393 g/mol. The molecule has 0 radical (unpaired) electrons. The Balaban J connectivity index is 1.34. The number of nitrogens with zero attached hydrogens (tertiary/aromatic N) is 1. The van der Waals surface area contributed by atoms with Gasteiger partial charge in [-0.05, 0) is 60.4 Å². The van der Waals surface area contributed by atoms with Crippen molar-refractivity contribution in [1.82, 2.24) is 4.90 Å². The molecule has 6 heteroatoms. The molecule has 150 valence electrons.